The maximum Gasteiger partial charge on any atom is 0.347 e. The molecule has 0 heterocycles. The lowest BCUT2D eigenvalue weighted by molar-refractivity contribution is -0.152. The predicted molar refractivity (Wildman–Crippen MR) is 122 cm³/mol. The van der Waals surface area contributed by atoms with E-state index in [1.54, 1.807) is 0 Å². The Bertz CT molecular complexity index is 866. The fraction of sp³-hybridized carbons (Fsp3) is 0.462. The number of carbonyl (C=O) groups is 2. The molecule has 0 spiro atoms. The van der Waals surface area contributed by atoms with Crippen molar-refractivity contribution in [1.29, 1.82) is 0 Å². The molecule has 2 N–H and O–H groups in total. The smallest absolute Gasteiger partial charge is 0.347 e. The first-order chi connectivity index (χ1) is 15.0. The van der Waals surface area contributed by atoms with Gasteiger partial charge in [-0.25, -0.2) is 9.59 Å². The number of hydrogen-bond donors (Lipinski definition) is 2. The molecule has 6 heteroatoms. The van der Waals surface area contributed by atoms with Crippen LogP contribution in [-0.4, -0.2) is 33.4 Å². The summed E-state index contributed by atoms with van der Waals surface area (Å²) in [5.41, 5.74) is -0.0725. The minimum atomic E-state index is -1.27. The molecule has 172 valence electrons. The second-order valence-electron chi connectivity index (χ2n) is 9.53. The van der Waals surface area contributed by atoms with Gasteiger partial charge in [0.2, 0.25) is 0 Å². The highest BCUT2D eigenvalue weighted by Crippen LogP contribution is 2.42. The van der Waals surface area contributed by atoms with Crippen molar-refractivity contribution in [1.82, 2.24) is 0 Å². The van der Waals surface area contributed by atoms with Crippen molar-refractivity contribution < 1.29 is 29.3 Å². The van der Waals surface area contributed by atoms with Gasteiger partial charge >= 0.3 is 11.9 Å². The van der Waals surface area contributed by atoms with Gasteiger partial charge < -0.3 is 19.7 Å². The number of rotatable bonds is 8. The summed E-state index contributed by atoms with van der Waals surface area (Å²) in [5.74, 6) is -0.0460. The van der Waals surface area contributed by atoms with Crippen LogP contribution in [-0.2, 0) is 9.59 Å². The Kier molecular flexibility index (Phi) is 6.82. The number of ether oxygens (including phenoxy) is 2. The first-order valence-electron chi connectivity index (χ1n) is 11.0. The van der Waals surface area contributed by atoms with E-state index in [0.717, 1.165) is 25.7 Å². The van der Waals surface area contributed by atoms with Crippen LogP contribution in [0.15, 0.2) is 48.5 Å². The van der Waals surface area contributed by atoms with E-state index in [4.69, 9.17) is 9.47 Å². The highest BCUT2D eigenvalue weighted by Gasteiger charge is 2.31. The van der Waals surface area contributed by atoms with Crippen molar-refractivity contribution >= 4 is 11.9 Å². The fourth-order valence-corrected chi connectivity index (χ4v) is 4.09. The Morgan fingerprint density at radius 2 is 1.06 bits per heavy atom. The highest BCUT2D eigenvalue weighted by atomic mass is 16.5. The van der Waals surface area contributed by atoms with Gasteiger partial charge in [-0.15, -0.1) is 0 Å². The Morgan fingerprint density at radius 3 is 1.38 bits per heavy atom. The zero-order chi connectivity index (χ0) is 23.5. The van der Waals surface area contributed by atoms with Crippen LogP contribution >= 0.6 is 0 Å². The number of carboxylic acids is 2. The maximum atomic E-state index is 11.3. The molecule has 0 saturated heterocycles. The molecule has 1 aliphatic carbocycles. The lowest BCUT2D eigenvalue weighted by Gasteiger charge is -2.30. The summed E-state index contributed by atoms with van der Waals surface area (Å²) in [6, 6.07) is 15.5. The molecule has 2 unspecified atom stereocenters. The van der Waals surface area contributed by atoms with Gasteiger partial charge in [-0.1, -0.05) is 30.7 Å². The van der Waals surface area contributed by atoms with Crippen molar-refractivity contribution in [3.8, 4) is 11.5 Å². The van der Waals surface area contributed by atoms with Gasteiger partial charge in [0.1, 0.15) is 11.5 Å². The molecule has 6 nitrogen and oxygen atoms in total. The molecule has 0 bridgehead atoms. The second kappa shape index (κ2) is 9.23. The molecule has 1 saturated carbocycles. The zero-order valence-corrected chi connectivity index (χ0v) is 19.1. The molecule has 2 atom stereocenters. The van der Waals surface area contributed by atoms with Gasteiger partial charge in [0.25, 0.3) is 0 Å². The molecule has 32 heavy (non-hydrogen) atoms. The summed E-state index contributed by atoms with van der Waals surface area (Å²) >= 11 is 0. The first-order valence-corrected chi connectivity index (χ1v) is 11.0. The largest absolute Gasteiger partial charge is 0.478 e. The molecule has 2 aromatic carbocycles. The van der Waals surface area contributed by atoms with Crippen molar-refractivity contribution in [2.45, 2.75) is 76.4 Å². The third-order valence-electron chi connectivity index (χ3n) is 6.15. The standard InChI is InChI=1S/C26H32O6/c1-25(2,23(27)28)31-21-12-8-17(9-13-21)19-6-5-7-20(16-19)18-10-14-22(15-11-18)32-26(3,4)24(29)30/h8-15,19-20H,5-7,16H2,1-4H3,(H,27,28)(H,29,30). The van der Waals surface area contributed by atoms with E-state index in [1.807, 2.05) is 48.5 Å². The Morgan fingerprint density at radius 1 is 0.719 bits per heavy atom. The van der Waals surface area contributed by atoms with Crippen LogP contribution in [0, 0.1) is 0 Å². The third-order valence-corrected chi connectivity index (χ3v) is 6.15. The van der Waals surface area contributed by atoms with Gasteiger partial charge in [0.05, 0.1) is 0 Å². The van der Waals surface area contributed by atoms with Crippen molar-refractivity contribution in [3.05, 3.63) is 59.7 Å². The molecule has 1 fully saturated rings. The van der Waals surface area contributed by atoms with E-state index in [2.05, 4.69) is 0 Å². The topological polar surface area (TPSA) is 93.1 Å². The number of aliphatic carboxylic acids is 2. The zero-order valence-electron chi connectivity index (χ0n) is 19.1. The minimum Gasteiger partial charge on any atom is -0.478 e. The lowest BCUT2D eigenvalue weighted by Crippen LogP contribution is -2.37. The van der Waals surface area contributed by atoms with Crippen LogP contribution in [0.5, 0.6) is 11.5 Å². The van der Waals surface area contributed by atoms with Gasteiger partial charge in [-0.2, -0.15) is 0 Å². The molecular weight excluding hydrogens is 408 g/mol. The minimum absolute atomic E-state index is 0.428. The normalized spacial score (nSPS) is 19.2. The van der Waals surface area contributed by atoms with Crippen LogP contribution < -0.4 is 9.47 Å². The fourth-order valence-electron chi connectivity index (χ4n) is 4.09. The van der Waals surface area contributed by atoms with E-state index in [1.165, 1.54) is 38.8 Å². The van der Waals surface area contributed by atoms with Crippen LogP contribution in [0.3, 0.4) is 0 Å². The summed E-state index contributed by atoms with van der Waals surface area (Å²) in [5, 5.41) is 18.5. The van der Waals surface area contributed by atoms with Crippen molar-refractivity contribution in [2.75, 3.05) is 0 Å². The van der Waals surface area contributed by atoms with Crippen LogP contribution in [0.4, 0.5) is 0 Å². The summed E-state index contributed by atoms with van der Waals surface area (Å²) < 4.78 is 11.2. The van der Waals surface area contributed by atoms with Crippen molar-refractivity contribution in [3.63, 3.8) is 0 Å². The van der Waals surface area contributed by atoms with Gasteiger partial charge in [-0.3, -0.25) is 0 Å². The van der Waals surface area contributed by atoms with Crippen LogP contribution in [0.25, 0.3) is 0 Å². The lowest BCUT2D eigenvalue weighted by atomic mass is 9.75. The average molecular weight is 441 g/mol. The molecule has 2 aromatic rings. The Balaban J connectivity index is 1.65. The van der Waals surface area contributed by atoms with Crippen LogP contribution in [0.2, 0.25) is 0 Å². The quantitative estimate of drug-likeness (QED) is 0.554. The van der Waals surface area contributed by atoms with E-state index < -0.39 is 23.1 Å². The van der Waals surface area contributed by atoms with E-state index >= 15 is 0 Å². The predicted octanol–water partition coefficient (Wildman–Crippen LogP) is 5.61. The van der Waals surface area contributed by atoms with Gasteiger partial charge in [-0.05, 0) is 94.2 Å². The average Bonchev–Trinajstić information content (AvgIpc) is 2.74. The Labute approximate surface area is 189 Å². The maximum absolute atomic E-state index is 11.3. The first kappa shape index (κ1) is 23.6. The summed E-state index contributed by atoms with van der Waals surface area (Å²) in [4.78, 5) is 22.5. The summed E-state index contributed by atoms with van der Waals surface area (Å²) in [7, 11) is 0. The third kappa shape index (κ3) is 5.61. The van der Waals surface area contributed by atoms with Crippen molar-refractivity contribution in [2.24, 2.45) is 0 Å². The summed E-state index contributed by atoms with van der Waals surface area (Å²) in [6.45, 7) is 6.14. The van der Waals surface area contributed by atoms with Gasteiger partial charge in [0, 0.05) is 0 Å². The van der Waals surface area contributed by atoms with E-state index in [-0.39, 0.29) is 0 Å². The molecule has 1 aliphatic rings. The van der Waals surface area contributed by atoms with Gasteiger partial charge in [0.15, 0.2) is 11.2 Å². The van der Waals surface area contributed by atoms with E-state index in [9.17, 15) is 19.8 Å². The van der Waals surface area contributed by atoms with E-state index in [0.29, 0.717) is 23.3 Å². The molecule has 0 radical (unpaired) electrons. The molecule has 0 aliphatic heterocycles. The summed E-state index contributed by atoms with van der Waals surface area (Å²) in [6.07, 6.45) is 4.39. The Hall–Kier alpha value is -3.02. The molecule has 0 aromatic heterocycles. The highest BCUT2D eigenvalue weighted by molar-refractivity contribution is 5.77. The number of benzene rings is 2. The second-order valence-corrected chi connectivity index (χ2v) is 9.53. The molecule has 0 amide bonds. The monoisotopic (exact) mass is 440 g/mol. The molecule has 3 rings (SSSR count). The molecular formula is C26H32O6. The number of carboxylic acid groups (broad SMARTS) is 2. The SMILES string of the molecule is CC(C)(Oc1ccc(C2CCCC(c3ccc(OC(C)(C)C(=O)O)cc3)C2)cc1)C(=O)O. The van der Waals surface area contributed by atoms with Crippen LogP contribution in [0.1, 0.15) is 76.3 Å². The number of hydrogen-bond acceptors (Lipinski definition) is 4.